The number of rotatable bonds is 10. The molecule has 0 amide bonds. The van der Waals surface area contributed by atoms with Gasteiger partial charge < -0.3 is 9.64 Å². The van der Waals surface area contributed by atoms with Gasteiger partial charge in [0.1, 0.15) is 11.9 Å². The molecule has 1 aromatic carbocycles. The number of carbonyl (C=O) groups excluding carboxylic acids is 1. The Bertz CT molecular complexity index is 652. The SMILES string of the molecule is COC(C)C(=O)CCCC1CCC(CCN2CCN(c3ccccc3F)CC2)CC1. The maximum Gasteiger partial charge on any atom is 0.161 e. The molecule has 30 heavy (non-hydrogen) atoms. The van der Waals surface area contributed by atoms with Crippen molar-refractivity contribution in [1.29, 1.82) is 0 Å². The highest BCUT2D eigenvalue weighted by Gasteiger charge is 2.24. The molecule has 1 aliphatic carbocycles. The summed E-state index contributed by atoms with van der Waals surface area (Å²) in [4.78, 5) is 16.6. The van der Waals surface area contributed by atoms with Crippen LogP contribution in [0.25, 0.3) is 0 Å². The molecule has 0 aromatic heterocycles. The lowest BCUT2D eigenvalue weighted by atomic mass is 9.78. The Balaban J connectivity index is 1.28. The lowest BCUT2D eigenvalue weighted by Gasteiger charge is -2.37. The fourth-order valence-electron chi connectivity index (χ4n) is 4.99. The zero-order chi connectivity index (χ0) is 21.3. The van der Waals surface area contributed by atoms with Gasteiger partial charge in [0, 0.05) is 39.7 Å². The topological polar surface area (TPSA) is 32.8 Å². The van der Waals surface area contributed by atoms with Gasteiger partial charge in [0.15, 0.2) is 5.78 Å². The summed E-state index contributed by atoms with van der Waals surface area (Å²) in [6.07, 6.45) is 9.20. The van der Waals surface area contributed by atoms with Crippen LogP contribution in [0.3, 0.4) is 0 Å². The molecule has 2 aliphatic rings. The molecular weight excluding hydrogens is 379 g/mol. The van der Waals surface area contributed by atoms with Crippen molar-refractivity contribution in [2.24, 2.45) is 11.8 Å². The van der Waals surface area contributed by atoms with Gasteiger partial charge in [0.2, 0.25) is 0 Å². The Kier molecular flexibility index (Phi) is 9.13. The van der Waals surface area contributed by atoms with Crippen LogP contribution in [0.15, 0.2) is 24.3 Å². The van der Waals surface area contributed by atoms with Crippen LogP contribution in [0.4, 0.5) is 10.1 Å². The Hall–Kier alpha value is -1.46. The number of halogens is 1. The smallest absolute Gasteiger partial charge is 0.161 e. The third-order valence-electron chi connectivity index (χ3n) is 7.23. The zero-order valence-corrected chi connectivity index (χ0v) is 18.8. The molecule has 1 saturated carbocycles. The molecular formula is C25H39FN2O2. The standard InChI is InChI=1S/C25H39FN2O2/c1-20(30-2)25(29)9-5-6-21-10-12-22(13-11-21)14-15-27-16-18-28(19-17-27)24-8-4-3-7-23(24)26/h3-4,7-8,20-22H,5-6,9-19H2,1-2H3. The number of ether oxygens (including phenoxy) is 1. The molecule has 1 saturated heterocycles. The molecule has 2 fully saturated rings. The molecule has 1 aliphatic heterocycles. The number of hydrogen-bond acceptors (Lipinski definition) is 4. The number of hydrogen-bond donors (Lipinski definition) is 0. The average Bonchev–Trinajstić information content (AvgIpc) is 2.78. The van der Waals surface area contributed by atoms with Gasteiger partial charge in [-0.3, -0.25) is 9.69 Å². The van der Waals surface area contributed by atoms with Crippen LogP contribution in [0, 0.1) is 17.7 Å². The van der Waals surface area contributed by atoms with E-state index in [9.17, 15) is 9.18 Å². The Morgan fingerprint density at radius 2 is 1.70 bits per heavy atom. The quantitative estimate of drug-likeness (QED) is 0.540. The first-order chi connectivity index (χ1) is 14.6. The lowest BCUT2D eigenvalue weighted by Crippen LogP contribution is -2.47. The van der Waals surface area contributed by atoms with Crippen LogP contribution >= 0.6 is 0 Å². The molecule has 0 N–H and O–H groups in total. The summed E-state index contributed by atoms with van der Waals surface area (Å²) in [6, 6.07) is 7.11. The van der Waals surface area contributed by atoms with Gasteiger partial charge in [-0.2, -0.15) is 0 Å². The van der Waals surface area contributed by atoms with Gasteiger partial charge in [0.25, 0.3) is 0 Å². The molecule has 4 nitrogen and oxygen atoms in total. The molecule has 1 aromatic rings. The summed E-state index contributed by atoms with van der Waals surface area (Å²) in [5.74, 6) is 1.78. The Morgan fingerprint density at radius 3 is 2.33 bits per heavy atom. The average molecular weight is 419 g/mol. The summed E-state index contributed by atoms with van der Waals surface area (Å²) in [7, 11) is 1.60. The van der Waals surface area contributed by atoms with E-state index in [0.29, 0.717) is 6.42 Å². The fraction of sp³-hybridized carbons (Fsp3) is 0.720. The van der Waals surface area contributed by atoms with Gasteiger partial charge in [-0.25, -0.2) is 4.39 Å². The van der Waals surface area contributed by atoms with Crippen molar-refractivity contribution in [3.63, 3.8) is 0 Å². The number of para-hydroxylation sites is 1. The van der Waals surface area contributed by atoms with Crippen molar-refractivity contribution in [2.45, 2.75) is 64.4 Å². The number of anilines is 1. The number of nitrogens with zero attached hydrogens (tertiary/aromatic N) is 2. The maximum atomic E-state index is 14.0. The summed E-state index contributed by atoms with van der Waals surface area (Å²) >= 11 is 0. The van der Waals surface area contributed by atoms with Gasteiger partial charge in [-0.15, -0.1) is 0 Å². The van der Waals surface area contributed by atoms with E-state index in [2.05, 4.69) is 9.80 Å². The summed E-state index contributed by atoms with van der Waals surface area (Å²) in [5.41, 5.74) is 0.744. The van der Waals surface area contributed by atoms with E-state index in [1.165, 1.54) is 45.1 Å². The summed E-state index contributed by atoms with van der Waals surface area (Å²) in [5, 5.41) is 0. The van der Waals surface area contributed by atoms with E-state index < -0.39 is 0 Å². The monoisotopic (exact) mass is 418 g/mol. The van der Waals surface area contributed by atoms with Crippen molar-refractivity contribution in [3.05, 3.63) is 30.1 Å². The highest BCUT2D eigenvalue weighted by Crippen LogP contribution is 2.34. The first-order valence-electron chi connectivity index (χ1n) is 11.8. The zero-order valence-electron chi connectivity index (χ0n) is 18.8. The number of carbonyl (C=O) groups is 1. The molecule has 0 radical (unpaired) electrons. The van der Waals surface area contributed by atoms with E-state index in [1.807, 2.05) is 19.1 Å². The van der Waals surface area contributed by atoms with Crippen LogP contribution in [-0.4, -0.2) is 56.6 Å². The van der Waals surface area contributed by atoms with Crippen molar-refractivity contribution in [1.82, 2.24) is 4.90 Å². The first kappa shape index (κ1) is 23.2. The molecule has 168 valence electrons. The number of piperazine rings is 1. The predicted octanol–water partition coefficient (Wildman–Crippen LogP) is 4.92. The minimum Gasteiger partial charge on any atom is -0.374 e. The van der Waals surface area contributed by atoms with Gasteiger partial charge in [-0.1, -0.05) is 44.2 Å². The normalized spacial score (nSPS) is 24.0. The predicted molar refractivity (Wildman–Crippen MR) is 120 cm³/mol. The Labute approximate surface area is 181 Å². The molecule has 0 bridgehead atoms. The fourth-order valence-corrected chi connectivity index (χ4v) is 4.99. The molecule has 1 heterocycles. The first-order valence-corrected chi connectivity index (χ1v) is 11.8. The van der Waals surface area contributed by atoms with Crippen LogP contribution in [0.2, 0.25) is 0 Å². The van der Waals surface area contributed by atoms with Gasteiger partial charge in [-0.05, 0) is 50.3 Å². The van der Waals surface area contributed by atoms with E-state index in [-0.39, 0.29) is 17.7 Å². The van der Waals surface area contributed by atoms with Crippen molar-refractivity contribution < 1.29 is 13.9 Å². The molecule has 5 heteroatoms. The largest absolute Gasteiger partial charge is 0.374 e. The second-order valence-electron chi connectivity index (χ2n) is 9.19. The second-order valence-corrected chi connectivity index (χ2v) is 9.19. The lowest BCUT2D eigenvalue weighted by molar-refractivity contribution is -0.128. The number of Topliss-reactive ketones (excluding diaryl/α,β-unsaturated/α-hetero) is 1. The number of ketones is 1. The summed E-state index contributed by atoms with van der Waals surface area (Å²) < 4.78 is 19.1. The maximum absolute atomic E-state index is 14.0. The minimum absolute atomic E-state index is 0.111. The number of methoxy groups -OCH3 is 1. The number of benzene rings is 1. The van der Waals surface area contributed by atoms with Crippen molar-refractivity contribution in [3.8, 4) is 0 Å². The van der Waals surface area contributed by atoms with Crippen molar-refractivity contribution >= 4 is 11.5 Å². The van der Waals surface area contributed by atoms with E-state index in [0.717, 1.165) is 50.1 Å². The van der Waals surface area contributed by atoms with Crippen LogP contribution < -0.4 is 4.90 Å². The third kappa shape index (κ3) is 6.78. The Morgan fingerprint density at radius 1 is 1.07 bits per heavy atom. The van der Waals surface area contributed by atoms with Crippen LogP contribution in [0.5, 0.6) is 0 Å². The highest BCUT2D eigenvalue weighted by molar-refractivity contribution is 5.82. The van der Waals surface area contributed by atoms with Crippen LogP contribution in [-0.2, 0) is 9.53 Å². The van der Waals surface area contributed by atoms with Crippen LogP contribution in [0.1, 0.15) is 58.3 Å². The third-order valence-corrected chi connectivity index (χ3v) is 7.23. The minimum atomic E-state index is -0.255. The van der Waals surface area contributed by atoms with E-state index >= 15 is 0 Å². The summed E-state index contributed by atoms with van der Waals surface area (Å²) in [6.45, 7) is 6.88. The molecule has 1 atom stereocenters. The van der Waals surface area contributed by atoms with Gasteiger partial charge >= 0.3 is 0 Å². The molecule has 0 spiro atoms. The highest BCUT2D eigenvalue weighted by atomic mass is 19.1. The second kappa shape index (κ2) is 11.8. The molecule has 3 rings (SSSR count). The molecule has 1 unspecified atom stereocenters. The van der Waals surface area contributed by atoms with E-state index in [1.54, 1.807) is 19.2 Å². The van der Waals surface area contributed by atoms with Gasteiger partial charge in [0.05, 0.1) is 5.69 Å². The van der Waals surface area contributed by atoms with Crippen molar-refractivity contribution in [2.75, 3.05) is 44.7 Å². The van der Waals surface area contributed by atoms with E-state index in [4.69, 9.17) is 4.74 Å².